The molecule has 150 valence electrons. The van der Waals surface area contributed by atoms with Crippen molar-refractivity contribution < 1.29 is 14.1 Å². The monoisotopic (exact) mass is 402 g/mol. The second-order valence-corrected chi connectivity index (χ2v) is 7.11. The summed E-state index contributed by atoms with van der Waals surface area (Å²) < 4.78 is 11.9. The number of morpholine rings is 1. The van der Waals surface area contributed by atoms with Crippen LogP contribution in [0.5, 0.6) is 0 Å². The lowest BCUT2D eigenvalue weighted by atomic mass is 10.1. The van der Waals surface area contributed by atoms with E-state index in [0.29, 0.717) is 29.9 Å². The molecule has 30 heavy (non-hydrogen) atoms. The number of carbonyl (C=O) groups is 1. The molecule has 0 N–H and O–H groups in total. The van der Waals surface area contributed by atoms with Gasteiger partial charge >= 0.3 is 0 Å². The lowest BCUT2D eigenvalue weighted by Gasteiger charge is -2.26. The van der Waals surface area contributed by atoms with Gasteiger partial charge in [0.1, 0.15) is 24.0 Å². The molecule has 0 spiro atoms. The van der Waals surface area contributed by atoms with Gasteiger partial charge in [-0.1, -0.05) is 35.0 Å². The molecular weight excluding hydrogens is 384 g/mol. The fourth-order valence-electron chi connectivity index (χ4n) is 3.52. The molecule has 2 aromatic carbocycles. The van der Waals surface area contributed by atoms with Gasteiger partial charge in [-0.3, -0.25) is 14.2 Å². The smallest absolute Gasteiger partial charge is 0.271 e. The van der Waals surface area contributed by atoms with E-state index in [0.717, 1.165) is 16.8 Å². The first-order chi connectivity index (χ1) is 14.6. The molecule has 1 amide bonds. The summed E-state index contributed by atoms with van der Waals surface area (Å²) in [6.45, 7) is 3.08. The van der Waals surface area contributed by atoms with Gasteiger partial charge in [-0.25, -0.2) is 4.98 Å². The van der Waals surface area contributed by atoms with Gasteiger partial charge in [0.15, 0.2) is 0 Å². The Balaban J connectivity index is 1.55. The Morgan fingerprint density at radius 2 is 1.70 bits per heavy atom. The van der Waals surface area contributed by atoms with Crippen LogP contribution in [0.2, 0.25) is 0 Å². The molecule has 0 atom stereocenters. The Kier molecular flexibility index (Phi) is 4.40. The molecule has 0 aliphatic carbocycles. The first kappa shape index (κ1) is 18.3. The second kappa shape index (κ2) is 7.23. The predicted octanol–water partition coefficient (Wildman–Crippen LogP) is 2.71. The third kappa shape index (κ3) is 3.07. The number of amides is 1. The highest BCUT2D eigenvalue weighted by Crippen LogP contribution is 2.25. The number of anilines is 1. The average molecular weight is 402 g/mol. The van der Waals surface area contributed by atoms with Gasteiger partial charge in [-0.15, -0.1) is 0 Å². The minimum absolute atomic E-state index is 0.0804. The van der Waals surface area contributed by atoms with Crippen molar-refractivity contribution in [3.63, 3.8) is 0 Å². The summed E-state index contributed by atoms with van der Waals surface area (Å²) in [7, 11) is 0. The van der Waals surface area contributed by atoms with Crippen LogP contribution in [0.4, 0.5) is 5.69 Å². The largest absolute Gasteiger partial charge is 0.370 e. The molecule has 0 saturated carbocycles. The Hall–Kier alpha value is -3.78. The van der Waals surface area contributed by atoms with E-state index < -0.39 is 0 Å². The van der Waals surface area contributed by atoms with Crippen LogP contribution in [0.3, 0.4) is 0 Å². The van der Waals surface area contributed by atoms with Crippen LogP contribution in [0, 0.1) is 6.92 Å². The lowest BCUT2D eigenvalue weighted by molar-refractivity contribution is -0.125. The lowest BCUT2D eigenvalue weighted by Crippen LogP contribution is -2.41. The minimum atomic E-state index is -0.271. The normalized spacial score (nSPS) is 14.4. The van der Waals surface area contributed by atoms with E-state index in [1.165, 1.54) is 10.9 Å². The summed E-state index contributed by atoms with van der Waals surface area (Å²) in [6.07, 6.45) is 1.42. The highest BCUT2D eigenvalue weighted by Gasteiger charge is 2.21. The summed E-state index contributed by atoms with van der Waals surface area (Å²) in [6, 6.07) is 14.9. The van der Waals surface area contributed by atoms with Crippen LogP contribution >= 0.6 is 0 Å². The Bertz CT molecular complexity index is 1290. The van der Waals surface area contributed by atoms with E-state index in [4.69, 9.17) is 9.26 Å². The van der Waals surface area contributed by atoms with Crippen molar-refractivity contribution in [1.29, 1.82) is 0 Å². The summed E-state index contributed by atoms with van der Waals surface area (Å²) >= 11 is 0. The number of nitrogens with zero attached hydrogens (tertiary/aromatic N) is 4. The van der Waals surface area contributed by atoms with Crippen molar-refractivity contribution in [3.8, 4) is 16.9 Å². The number of ether oxygens (including phenoxy) is 1. The number of hydrogen-bond acceptors (Lipinski definition) is 6. The Morgan fingerprint density at radius 1 is 0.967 bits per heavy atom. The Labute approximate surface area is 171 Å². The number of fused-ring (bicyclic) bond motifs is 1. The fourth-order valence-corrected chi connectivity index (χ4v) is 3.52. The van der Waals surface area contributed by atoms with Crippen LogP contribution in [0.25, 0.3) is 28.0 Å². The molecule has 4 aromatic rings. The van der Waals surface area contributed by atoms with E-state index in [1.807, 2.05) is 43.3 Å². The van der Waals surface area contributed by atoms with Crippen molar-refractivity contribution >= 4 is 22.7 Å². The van der Waals surface area contributed by atoms with Gasteiger partial charge in [-0.05, 0) is 31.2 Å². The zero-order chi connectivity index (χ0) is 20.7. The molecule has 8 nitrogen and oxygen atoms in total. The maximum absolute atomic E-state index is 13.2. The second-order valence-electron chi connectivity index (χ2n) is 7.11. The topological polar surface area (TPSA) is 90.5 Å². The van der Waals surface area contributed by atoms with Gasteiger partial charge < -0.3 is 14.2 Å². The van der Waals surface area contributed by atoms with Crippen LogP contribution in [-0.2, 0) is 9.53 Å². The fraction of sp³-hybridized carbons (Fsp3) is 0.182. The highest BCUT2D eigenvalue weighted by atomic mass is 16.5. The zero-order valence-corrected chi connectivity index (χ0v) is 16.2. The van der Waals surface area contributed by atoms with E-state index in [9.17, 15) is 9.59 Å². The molecule has 1 saturated heterocycles. The predicted molar refractivity (Wildman–Crippen MR) is 111 cm³/mol. The number of rotatable bonds is 3. The number of hydrogen-bond donors (Lipinski definition) is 0. The minimum Gasteiger partial charge on any atom is -0.370 e. The summed E-state index contributed by atoms with van der Waals surface area (Å²) in [5, 5.41) is 4.40. The first-order valence-electron chi connectivity index (χ1n) is 9.54. The average Bonchev–Trinajstić information content (AvgIpc) is 3.20. The highest BCUT2D eigenvalue weighted by molar-refractivity contribution is 5.95. The van der Waals surface area contributed by atoms with Crippen LogP contribution in [-0.4, -0.2) is 40.4 Å². The van der Waals surface area contributed by atoms with E-state index in [-0.39, 0.29) is 23.8 Å². The number of benzene rings is 2. The molecule has 1 aliphatic rings. The van der Waals surface area contributed by atoms with Crippen molar-refractivity contribution in [2.45, 2.75) is 6.92 Å². The third-order valence-corrected chi connectivity index (χ3v) is 5.15. The molecule has 0 bridgehead atoms. The molecule has 3 heterocycles. The van der Waals surface area contributed by atoms with Crippen LogP contribution in [0.15, 0.2) is 64.2 Å². The number of carbonyl (C=O) groups excluding carboxylic acids is 1. The number of aromatic nitrogens is 3. The van der Waals surface area contributed by atoms with Crippen LogP contribution < -0.4 is 10.5 Å². The zero-order valence-electron chi connectivity index (χ0n) is 16.2. The van der Waals surface area contributed by atoms with Crippen molar-refractivity contribution in [3.05, 3.63) is 70.8 Å². The van der Waals surface area contributed by atoms with E-state index >= 15 is 0 Å². The third-order valence-electron chi connectivity index (χ3n) is 5.15. The van der Waals surface area contributed by atoms with Crippen molar-refractivity contribution in [2.24, 2.45) is 0 Å². The molecule has 8 heteroatoms. The summed E-state index contributed by atoms with van der Waals surface area (Å²) in [4.78, 5) is 31.2. The van der Waals surface area contributed by atoms with Crippen molar-refractivity contribution in [2.75, 3.05) is 24.7 Å². The van der Waals surface area contributed by atoms with Gasteiger partial charge in [0.2, 0.25) is 0 Å². The SMILES string of the molecule is Cc1ccc(-c2noc3ncn(-c4ccc(N5CCOCC5=O)cc4)c(=O)c23)cc1. The quantitative estimate of drug-likeness (QED) is 0.523. The molecule has 1 fully saturated rings. The molecule has 0 radical (unpaired) electrons. The maximum atomic E-state index is 13.2. The molecular formula is C22H18N4O4. The van der Waals surface area contributed by atoms with Gasteiger partial charge in [0, 0.05) is 17.8 Å². The molecule has 5 rings (SSSR count). The standard InChI is InChI=1S/C22H18N4O4/c1-14-2-4-15(5-3-14)20-19-21(30-24-20)23-13-26(22(19)28)17-8-6-16(7-9-17)25-10-11-29-12-18(25)27/h2-9,13H,10-12H2,1H3. The summed E-state index contributed by atoms with van der Waals surface area (Å²) in [5.41, 5.74) is 3.69. The maximum Gasteiger partial charge on any atom is 0.271 e. The Morgan fingerprint density at radius 3 is 2.43 bits per heavy atom. The molecule has 1 aliphatic heterocycles. The van der Waals surface area contributed by atoms with Gasteiger partial charge in [0.25, 0.3) is 17.2 Å². The van der Waals surface area contributed by atoms with Gasteiger partial charge in [0.05, 0.1) is 12.3 Å². The summed E-state index contributed by atoms with van der Waals surface area (Å²) in [5.74, 6) is -0.0820. The van der Waals surface area contributed by atoms with Crippen molar-refractivity contribution in [1.82, 2.24) is 14.7 Å². The molecule has 0 unspecified atom stereocenters. The first-order valence-corrected chi connectivity index (χ1v) is 9.54. The van der Waals surface area contributed by atoms with Crippen LogP contribution in [0.1, 0.15) is 5.56 Å². The van der Waals surface area contributed by atoms with E-state index in [2.05, 4.69) is 10.1 Å². The van der Waals surface area contributed by atoms with E-state index in [1.54, 1.807) is 17.0 Å². The van der Waals surface area contributed by atoms with Gasteiger partial charge in [-0.2, -0.15) is 0 Å². The number of aryl methyl sites for hydroxylation is 1. The molecule has 2 aromatic heterocycles.